The molecule has 8 heteroatoms. The number of ether oxygens (including phenoxy) is 1. The first kappa shape index (κ1) is 14.9. The van der Waals surface area contributed by atoms with Gasteiger partial charge in [-0.25, -0.2) is 4.79 Å². The van der Waals surface area contributed by atoms with E-state index in [0.717, 1.165) is 0 Å². The van der Waals surface area contributed by atoms with E-state index in [2.05, 4.69) is 18.5 Å². The first-order valence-corrected chi connectivity index (χ1v) is 7.04. The number of hydrogen-bond donors (Lipinski definition) is 1. The van der Waals surface area contributed by atoms with Crippen LogP contribution in [0.2, 0.25) is 0 Å². The van der Waals surface area contributed by atoms with Crippen LogP contribution in [0.3, 0.4) is 0 Å². The van der Waals surface area contributed by atoms with Crippen LogP contribution in [0.1, 0.15) is 0 Å². The van der Waals surface area contributed by atoms with Gasteiger partial charge in [-0.1, -0.05) is 12.2 Å². The Labute approximate surface area is 106 Å². The minimum absolute atomic E-state index is 0.0464. The number of hydrogen-bond acceptors (Lipinski definition) is 5. The Morgan fingerprint density at radius 2 is 2.00 bits per heavy atom. The molecule has 7 nitrogen and oxygen atoms in total. The average Bonchev–Trinajstić information content (AvgIpc) is 2.37. The molecule has 0 unspecified atom stereocenters. The van der Waals surface area contributed by atoms with Crippen LogP contribution in [0.15, 0.2) is 25.3 Å². The van der Waals surface area contributed by atoms with Crippen molar-refractivity contribution < 1.29 is 23.1 Å². The van der Waals surface area contributed by atoms with E-state index in [4.69, 9.17) is 13.8 Å². The van der Waals surface area contributed by atoms with E-state index in [9.17, 15) is 9.36 Å². The predicted molar refractivity (Wildman–Crippen MR) is 66.0 cm³/mol. The number of carbonyl (C=O) groups excluding carboxylic acids is 1. The van der Waals surface area contributed by atoms with E-state index in [1.165, 1.54) is 17.1 Å². The maximum Gasteiger partial charge on any atom is 0.350 e. The van der Waals surface area contributed by atoms with Gasteiger partial charge in [-0.15, -0.1) is 13.2 Å². The summed E-state index contributed by atoms with van der Waals surface area (Å²) in [6.45, 7) is 7.27. The first-order valence-electron chi connectivity index (χ1n) is 5.32. The number of amides is 2. The number of nitrogens with zero attached hydrogens (tertiary/aromatic N) is 1. The van der Waals surface area contributed by atoms with E-state index in [0.29, 0.717) is 0 Å². The summed E-state index contributed by atoms with van der Waals surface area (Å²) in [4.78, 5) is 12.7. The van der Waals surface area contributed by atoms with Gasteiger partial charge in [-0.3, -0.25) is 9.46 Å². The zero-order chi connectivity index (χ0) is 13.4. The Bertz CT molecular complexity index is 344. The summed E-state index contributed by atoms with van der Waals surface area (Å²) < 4.78 is 27.6. The smallest absolute Gasteiger partial charge is 0.341 e. The average molecular weight is 276 g/mol. The quantitative estimate of drug-likeness (QED) is 0.537. The molecule has 1 N–H and O–H groups in total. The third-order valence-corrected chi connectivity index (χ3v) is 3.75. The van der Waals surface area contributed by atoms with Gasteiger partial charge in [0.05, 0.1) is 13.2 Å². The summed E-state index contributed by atoms with van der Waals surface area (Å²) in [6.07, 6.45) is 2.73. The summed E-state index contributed by atoms with van der Waals surface area (Å²) in [5.74, 6) is 0. The molecule has 1 aliphatic heterocycles. The zero-order valence-electron chi connectivity index (χ0n) is 10.0. The van der Waals surface area contributed by atoms with Gasteiger partial charge in [0.15, 0.2) is 0 Å². The lowest BCUT2D eigenvalue weighted by Gasteiger charge is -2.29. The van der Waals surface area contributed by atoms with Gasteiger partial charge in [0.1, 0.15) is 19.7 Å². The minimum atomic E-state index is -3.42. The summed E-state index contributed by atoms with van der Waals surface area (Å²) >= 11 is 0. The largest absolute Gasteiger partial charge is 0.350 e. The van der Waals surface area contributed by atoms with Gasteiger partial charge < -0.3 is 19.1 Å². The van der Waals surface area contributed by atoms with Crippen molar-refractivity contribution in [2.24, 2.45) is 0 Å². The van der Waals surface area contributed by atoms with Gasteiger partial charge in [0, 0.05) is 0 Å². The van der Waals surface area contributed by atoms with Crippen LogP contribution in [0.25, 0.3) is 0 Å². The van der Waals surface area contributed by atoms with E-state index >= 15 is 0 Å². The number of nitrogens with one attached hydrogen (secondary N) is 1. The van der Waals surface area contributed by atoms with Gasteiger partial charge in [0.2, 0.25) is 0 Å². The molecule has 1 saturated heterocycles. The van der Waals surface area contributed by atoms with Crippen LogP contribution in [-0.4, -0.2) is 43.9 Å². The van der Waals surface area contributed by atoms with E-state index < -0.39 is 7.60 Å². The highest BCUT2D eigenvalue weighted by Gasteiger charge is 2.31. The molecule has 0 aromatic heterocycles. The van der Waals surface area contributed by atoms with Crippen molar-refractivity contribution in [2.45, 2.75) is 0 Å². The minimum Gasteiger partial charge on any atom is -0.341 e. The Morgan fingerprint density at radius 1 is 1.39 bits per heavy atom. The van der Waals surface area contributed by atoms with Crippen LogP contribution in [0.4, 0.5) is 4.79 Å². The lowest BCUT2D eigenvalue weighted by molar-refractivity contribution is 0.0137. The fourth-order valence-electron chi connectivity index (χ4n) is 1.20. The molecule has 1 fully saturated rings. The van der Waals surface area contributed by atoms with E-state index in [1.54, 1.807) is 0 Å². The molecular formula is C10H17N2O5P. The van der Waals surface area contributed by atoms with E-state index in [1.807, 2.05) is 0 Å². The third kappa shape index (κ3) is 4.62. The second-order valence-corrected chi connectivity index (χ2v) is 5.44. The molecule has 2 amide bonds. The van der Waals surface area contributed by atoms with Crippen molar-refractivity contribution in [1.29, 1.82) is 0 Å². The highest BCUT2D eigenvalue weighted by molar-refractivity contribution is 7.53. The summed E-state index contributed by atoms with van der Waals surface area (Å²) in [5, 5.41) is 2.46. The maximum atomic E-state index is 12.3. The molecule has 18 heavy (non-hydrogen) atoms. The number of urea groups is 1. The molecule has 0 bridgehead atoms. The van der Waals surface area contributed by atoms with Crippen molar-refractivity contribution in [1.82, 2.24) is 10.2 Å². The summed E-state index contributed by atoms with van der Waals surface area (Å²) in [6, 6.07) is -0.370. The molecule has 102 valence electrons. The molecule has 0 atom stereocenters. The standard InChI is InChI=1S/C10H17N2O5P/c1-3-5-16-18(14,17-6-4-2)9-12-8-15-7-11-10(12)13/h3-4H,1-2,5-9H2,(H,11,13). The normalized spacial score (nSPS) is 16.2. The number of carbonyl (C=O) groups is 1. The highest BCUT2D eigenvalue weighted by Crippen LogP contribution is 2.48. The van der Waals surface area contributed by atoms with Crippen molar-refractivity contribution in [3.63, 3.8) is 0 Å². The molecule has 0 aliphatic carbocycles. The van der Waals surface area contributed by atoms with Crippen molar-refractivity contribution >= 4 is 13.6 Å². The van der Waals surface area contributed by atoms with Gasteiger partial charge in [-0.05, 0) is 0 Å². The van der Waals surface area contributed by atoms with Crippen molar-refractivity contribution in [2.75, 3.05) is 33.0 Å². The maximum absolute atomic E-state index is 12.3. The fraction of sp³-hybridized carbons (Fsp3) is 0.500. The summed E-state index contributed by atoms with van der Waals surface area (Å²) in [5.41, 5.74) is 0. The highest BCUT2D eigenvalue weighted by atomic mass is 31.2. The molecule has 0 radical (unpaired) electrons. The Morgan fingerprint density at radius 3 is 2.50 bits per heavy atom. The van der Waals surface area contributed by atoms with Crippen molar-refractivity contribution in [3.05, 3.63) is 25.3 Å². The Balaban J connectivity index is 2.63. The second-order valence-electron chi connectivity index (χ2n) is 3.42. The van der Waals surface area contributed by atoms with Crippen LogP contribution in [0.5, 0.6) is 0 Å². The molecule has 0 saturated carbocycles. The van der Waals surface area contributed by atoms with Crippen LogP contribution in [-0.2, 0) is 18.3 Å². The SMILES string of the molecule is C=CCOP(=O)(CN1COCNC1=O)OCC=C. The molecule has 0 aromatic rings. The van der Waals surface area contributed by atoms with Crippen LogP contribution in [0, 0.1) is 0 Å². The Kier molecular flexibility index (Phi) is 6.07. The van der Waals surface area contributed by atoms with E-state index in [-0.39, 0.29) is 39.0 Å². The topological polar surface area (TPSA) is 77.1 Å². The molecule has 1 aliphatic rings. The third-order valence-electron chi connectivity index (χ3n) is 1.98. The van der Waals surface area contributed by atoms with Gasteiger partial charge >= 0.3 is 13.6 Å². The predicted octanol–water partition coefficient (Wildman–Crippen LogP) is 1.50. The Hall–Kier alpha value is -1.14. The van der Waals surface area contributed by atoms with Gasteiger partial charge in [-0.2, -0.15) is 0 Å². The summed E-state index contributed by atoms with van der Waals surface area (Å²) in [7, 11) is -3.42. The lowest BCUT2D eigenvalue weighted by atomic mass is 10.7. The van der Waals surface area contributed by atoms with Crippen LogP contribution < -0.4 is 5.32 Å². The number of rotatable bonds is 8. The monoisotopic (exact) mass is 276 g/mol. The van der Waals surface area contributed by atoms with Crippen LogP contribution >= 0.6 is 7.60 Å². The first-order chi connectivity index (χ1) is 8.61. The zero-order valence-corrected chi connectivity index (χ0v) is 10.9. The lowest BCUT2D eigenvalue weighted by Crippen LogP contribution is -2.48. The molecule has 1 heterocycles. The molecule has 0 aromatic carbocycles. The second kappa shape index (κ2) is 7.33. The van der Waals surface area contributed by atoms with Crippen molar-refractivity contribution in [3.8, 4) is 0 Å². The fourth-order valence-corrected chi connectivity index (χ4v) is 2.74. The molecule has 1 rings (SSSR count). The molecular weight excluding hydrogens is 259 g/mol. The van der Waals surface area contributed by atoms with Gasteiger partial charge in [0.25, 0.3) is 0 Å². The molecule has 0 spiro atoms.